The Kier molecular flexibility index (Phi) is 4.48. The Morgan fingerprint density at radius 2 is 1.62 bits per heavy atom. The van der Waals surface area contributed by atoms with E-state index in [4.69, 9.17) is 0 Å². The average Bonchev–Trinajstić information content (AvgIpc) is 2.68. The Bertz CT molecular complexity index is 1060. The first-order chi connectivity index (χ1) is 12.8. The van der Waals surface area contributed by atoms with E-state index in [9.17, 15) is 4.79 Å². The molecule has 0 radical (unpaired) electrons. The average molecular weight is 341 g/mol. The van der Waals surface area contributed by atoms with E-state index in [0.29, 0.717) is 6.54 Å². The number of fused-ring (bicyclic) bond motifs is 2. The summed E-state index contributed by atoms with van der Waals surface area (Å²) < 4.78 is 0. The highest BCUT2D eigenvalue weighted by molar-refractivity contribution is 6.01. The number of urea groups is 1. The summed E-state index contributed by atoms with van der Waals surface area (Å²) in [6.45, 7) is 0.548. The molecule has 0 unspecified atom stereocenters. The normalized spacial score (nSPS) is 10.8. The van der Waals surface area contributed by atoms with Gasteiger partial charge in [0.05, 0.1) is 11.2 Å². The van der Waals surface area contributed by atoms with Gasteiger partial charge in [-0.1, -0.05) is 60.7 Å². The minimum atomic E-state index is -0.199. The molecule has 0 fully saturated rings. The van der Waals surface area contributed by atoms with Crippen molar-refractivity contribution >= 4 is 33.4 Å². The molecule has 3 aromatic carbocycles. The quantitative estimate of drug-likeness (QED) is 0.563. The second-order valence-electron chi connectivity index (χ2n) is 6.15. The fourth-order valence-corrected chi connectivity index (χ4v) is 3.18. The van der Waals surface area contributed by atoms with Crippen LogP contribution in [0, 0.1) is 0 Å². The number of hydrogen-bond donors (Lipinski definition) is 2. The molecule has 0 aliphatic carbocycles. The molecular formula is C22H19N3O. The van der Waals surface area contributed by atoms with Crippen LogP contribution >= 0.6 is 0 Å². The summed E-state index contributed by atoms with van der Waals surface area (Å²) in [7, 11) is 0. The highest BCUT2D eigenvalue weighted by atomic mass is 16.2. The van der Waals surface area contributed by atoms with Crippen molar-refractivity contribution in [2.24, 2.45) is 0 Å². The van der Waals surface area contributed by atoms with Crippen LogP contribution in [0.25, 0.3) is 21.7 Å². The van der Waals surface area contributed by atoms with Gasteiger partial charge in [-0.2, -0.15) is 0 Å². The molecule has 4 rings (SSSR count). The summed E-state index contributed by atoms with van der Waals surface area (Å²) in [6, 6.07) is 23.8. The Balaban J connectivity index is 1.41. The van der Waals surface area contributed by atoms with Crippen LogP contribution in [0.4, 0.5) is 10.5 Å². The number of anilines is 1. The predicted molar refractivity (Wildman–Crippen MR) is 106 cm³/mol. The van der Waals surface area contributed by atoms with Crippen LogP contribution in [0.2, 0.25) is 0 Å². The first kappa shape index (κ1) is 16.1. The Hall–Kier alpha value is -3.40. The van der Waals surface area contributed by atoms with Gasteiger partial charge in [-0.15, -0.1) is 0 Å². The summed E-state index contributed by atoms with van der Waals surface area (Å²) in [6.07, 6.45) is 2.53. The van der Waals surface area contributed by atoms with Crippen LogP contribution in [-0.4, -0.2) is 17.6 Å². The zero-order valence-corrected chi connectivity index (χ0v) is 14.3. The van der Waals surface area contributed by atoms with Crippen molar-refractivity contribution < 1.29 is 4.79 Å². The van der Waals surface area contributed by atoms with E-state index in [1.807, 2.05) is 66.7 Å². The van der Waals surface area contributed by atoms with Gasteiger partial charge >= 0.3 is 6.03 Å². The van der Waals surface area contributed by atoms with Gasteiger partial charge in [0.25, 0.3) is 0 Å². The molecule has 0 aliphatic heterocycles. The SMILES string of the molecule is O=C(NCCc1cccc2cccnc12)Nc1cccc2ccccc12. The summed E-state index contributed by atoms with van der Waals surface area (Å²) in [4.78, 5) is 16.7. The van der Waals surface area contributed by atoms with Crippen molar-refractivity contribution in [2.75, 3.05) is 11.9 Å². The van der Waals surface area contributed by atoms with Gasteiger partial charge in [0, 0.05) is 23.5 Å². The number of benzene rings is 3. The number of rotatable bonds is 4. The lowest BCUT2D eigenvalue weighted by Gasteiger charge is -2.11. The van der Waals surface area contributed by atoms with Crippen molar-refractivity contribution in [3.63, 3.8) is 0 Å². The van der Waals surface area contributed by atoms with E-state index in [2.05, 4.69) is 21.7 Å². The molecule has 26 heavy (non-hydrogen) atoms. The summed E-state index contributed by atoms with van der Waals surface area (Å²) in [5, 5.41) is 9.12. The van der Waals surface area contributed by atoms with E-state index in [-0.39, 0.29) is 6.03 Å². The maximum atomic E-state index is 12.3. The third-order valence-electron chi connectivity index (χ3n) is 4.43. The molecule has 128 valence electrons. The lowest BCUT2D eigenvalue weighted by atomic mass is 10.1. The zero-order chi connectivity index (χ0) is 17.8. The molecule has 2 amide bonds. The van der Waals surface area contributed by atoms with Crippen LogP contribution in [0.5, 0.6) is 0 Å². The third kappa shape index (κ3) is 3.35. The van der Waals surface area contributed by atoms with Crippen LogP contribution < -0.4 is 10.6 Å². The van der Waals surface area contributed by atoms with Crippen molar-refractivity contribution in [3.8, 4) is 0 Å². The van der Waals surface area contributed by atoms with Crippen LogP contribution in [-0.2, 0) is 6.42 Å². The molecule has 1 heterocycles. The molecule has 0 saturated heterocycles. The highest BCUT2D eigenvalue weighted by Gasteiger charge is 2.06. The maximum Gasteiger partial charge on any atom is 0.319 e. The van der Waals surface area contributed by atoms with E-state index < -0.39 is 0 Å². The van der Waals surface area contributed by atoms with Gasteiger partial charge in [0.2, 0.25) is 0 Å². The van der Waals surface area contributed by atoms with E-state index in [1.54, 1.807) is 6.20 Å². The lowest BCUT2D eigenvalue weighted by molar-refractivity contribution is 0.252. The van der Waals surface area contributed by atoms with Gasteiger partial charge in [0.1, 0.15) is 0 Å². The van der Waals surface area contributed by atoms with Gasteiger partial charge in [-0.05, 0) is 29.5 Å². The van der Waals surface area contributed by atoms with Crippen molar-refractivity contribution in [2.45, 2.75) is 6.42 Å². The summed E-state index contributed by atoms with van der Waals surface area (Å²) >= 11 is 0. The first-order valence-corrected chi connectivity index (χ1v) is 8.66. The topological polar surface area (TPSA) is 54.0 Å². The standard InChI is InChI=1S/C22H19N3O/c26-22(25-20-12-4-7-16-6-1-2-11-19(16)20)24-15-13-18-9-3-8-17-10-5-14-23-21(17)18/h1-12,14H,13,15H2,(H2,24,25,26). The first-order valence-electron chi connectivity index (χ1n) is 8.66. The Labute approximate surface area is 151 Å². The van der Waals surface area contributed by atoms with Crippen LogP contribution in [0.1, 0.15) is 5.56 Å². The largest absolute Gasteiger partial charge is 0.338 e. The molecule has 0 atom stereocenters. The van der Waals surface area contributed by atoms with E-state index in [1.165, 1.54) is 0 Å². The summed E-state index contributed by atoms with van der Waals surface area (Å²) in [5.74, 6) is 0. The molecule has 4 aromatic rings. The van der Waals surface area contributed by atoms with E-state index in [0.717, 1.165) is 39.3 Å². The zero-order valence-electron chi connectivity index (χ0n) is 14.3. The third-order valence-corrected chi connectivity index (χ3v) is 4.43. The van der Waals surface area contributed by atoms with E-state index >= 15 is 0 Å². The minimum absolute atomic E-state index is 0.199. The number of pyridine rings is 1. The lowest BCUT2D eigenvalue weighted by Crippen LogP contribution is -2.30. The fraction of sp³-hybridized carbons (Fsp3) is 0.0909. The monoisotopic (exact) mass is 341 g/mol. The number of aromatic nitrogens is 1. The molecule has 0 bridgehead atoms. The Morgan fingerprint density at radius 1 is 0.846 bits per heavy atom. The number of nitrogens with zero attached hydrogens (tertiary/aromatic N) is 1. The molecule has 1 aromatic heterocycles. The predicted octanol–water partition coefficient (Wildman–Crippen LogP) is 4.75. The molecule has 0 spiro atoms. The molecule has 0 saturated carbocycles. The number of para-hydroxylation sites is 1. The second-order valence-corrected chi connectivity index (χ2v) is 6.15. The van der Waals surface area contributed by atoms with Gasteiger partial charge in [-0.3, -0.25) is 4.98 Å². The maximum absolute atomic E-state index is 12.3. The summed E-state index contributed by atoms with van der Waals surface area (Å²) in [5.41, 5.74) is 2.94. The number of carbonyl (C=O) groups is 1. The molecule has 0 aliphatic rings. The van der Waals surface area contributed by atoms with Gasteiger partial charge in [0.15, 0.2) is 0 Å². The van der Waals surface area contributed by atoms with Crippen molar-refractivity contribution in [3.05, 3.63) is 84.6 Å². The Morgan fingerprint density at radius 3 is 2.58 bits per heavy atom. The van der Waals surface area contributed by atoms with Crippen LogP contribution in [0.15, 0.2) is 79.0 Å². The van der Waals surface area contributed by atoms with Gasteiger partial charge < -0.3 is 10.6 Å². The molecule has 4 heteroatoms. The number of nitrogens with one attached hydrogen (secondary N) is 2. The fourth-order valence-electron chi connectivity index (χ4n) is 3.18. The van der Waals surface area contributed by atoms with Crippen molar-refractivity contribution in [1.29, 1.82) is 0 Å². The molecule has 2 N–H and O–H groups in total. The minimum Gasteiger partial charge on any atom is -0.338 e. The van der Waals surface area contributed by atoms with Crippen molar-refractivity contribution in [1.82, 2.24) is 10.3 Å². The smallest absolute Gasteiger partial charge is 0.319 e. The van der Waals surface area contributed by atoms with Crippen LogP contribution in [0.3, 0.4) is 0 Å². The number of hydrogen-bond acceptors (Lipinski definition) is 2. The second kappa shape index (κ2) is 7.23. The number of carbonyl (C=O) groups excluding carboxylic acids is 1. The highest BCUT2D eigenvalue weighted by Crippen LogP contribution is 2.22. The van der Waals surface area contributed by atoms with Gasteiger partial charge in [-0.25, -0.2) is 4.79 Å². The molecule has 4 nitrogen and oxygen atoms in total. The number of amides is 2. The molecular weight excluding hydrogens is 322 g/mol.